The molecule has 1 heterocycles. The SMILES string of the molecule is COc1ccc(S(=O)(=O)[C@@H](CNC(=O)c2cccc(C)c2)c2cccs2)cc1. The summed E-state index contributed by atoms with van der Waals surface area (Å²) in [6, 6.07) is 17.0. The number of carbonyl (C=O) groups excluding carboxylic acids is 1. The van der Waals surface area contributed by atoms with Crippen LogP contribution in [0.1, 0.15) is 26.0 Å². The summed E-state index contributed by atoms with van der Waals surface area (Å²) in [4.78, 5) is 13.4. The molecule has 0 unspecified atom stereocenters. The van der Waals surface area contributed by atoms with Crippen molar-refractivity contribution in [3.63, 3.8) is 0 Å². The number of aryl methyl sites for hydroxylation is 1. The zero-order valence-electron chi connectivity index (χ0n) is 15.6. The van der Waals surface area contributed by atoms with Crippen molar-refractivity contribution in [2.45, 2.75) is 17.1 Å². The molecule has 2 aromatic carbocycles. The molecule has 0 bridgehead atoms. The van der Waals surface area contributed by atoms with Gasteiger partial charge < -0.3 is 10.1 Å². The van der Waals surface area contributed by atoms with Gasteiger partial charge in [0, 0.05) is 17.0 Å². The van der Waals surface area contributed by atoms with E-state index in [9.17, 15) is 13.2 Å². The number of ether oxygens (including phenoxy) is 1. The molecule has 1 amide bonds. The van der Waals surface area contributed by atoms with E-state index >= 15 is 0 Å². The molecule has 0 saturated heterocycles. The van der Waals surface area contributed by atoms with Gasteiger partial charge in [-0.3, -0.25) is 4.79 Å². The molecule has 0 radical (unpaired) electrons. The topological polar surface area (TPSA) is 72.5 Å². The standard InChI is InChI=1S/C21H21NO4S2/c1-15-5-3-6-16(13-15)21(23)22-14-20(19-7-4-12-27-19)28(24,25)18-10-8-17(26-2)9-11-18/h3-13,20H,14H2,1-2H3,(H,22,23)/t20-/m0/s1. The van der Waals surface area contributed by atoms with Gasteiger partial charge in [0.1, 0.15) is 11.0 Å². The minimum Gasteiger partial charge on any atom is -0.497 e. The molecule has 0 spiro atoms. The third-order valence-electron chi connectivity index (χ3n) is 4.35. The largest absolute Gasteiger partial charge is 0.497 e. The summed E-state index contributed by atoms with van der Waals surface area (Å²) in [5.41, 5.74) is 1.47. The molecular weight excluding hydrogens is 394 g/mol. The van der Waals surface area contributed by atoms with Gasteiger partial charge >= 0.3 is 0 Å². The summed E-state index contributed by atoms with van der Waals surface area (Å²) in [6.45, 7) is 1.89. The van der Waals surface area contributed by atoms with Crippen LogP contribution < -0.4 is 10.1 Å². The van der Waals surface area contributed by atoms with Crippen molar-refractivity contribution < 1.29 is 17.9 Å². The van der Waals surface area contributed by atoms with E-state index in [4.69, 9.17) is 4.74 Å². The quantitative estimate of drug-likeness (QED) is 0.633. The van der Waals surface area contributed by atoms with E-state index in [0.717, 1.165) is 5.56 Å². The number of thiophene rings is 1. The average molecular weight is 416 g/mol. The number of nitrogens with one attached hydrogen (secondary N) is 1. The van der Waals surface area contributed by atoms with Crippen molar-refractivity contribution in [3.05, 3.63) is 82.0 Å². The van der Waals surface area contributed by atoms with Crippen LogP contribution in [0, 0.1) is 6.92 Å². The molecule has 0 aliphatic rings. The minimum absolute atomic E-state index is 0.0123. The van der Waals surface area contributed by atoms with E-state index in [2.05, 4.69) is 5.32 Å². The van der Waals surface area contributed by atoms with Gasteiger partial charge in [-0.25, -0.2) is 8.42 Å². The van der Waals surface area contributed by atoms with Gasteiger partial charge in [-0.05, 0) is 54.8 Å². The van der Waals surface area contributed by atoms with Crippen LogP contribution in [0.5, 0.6) is 5.75 Å². The summed E-state index contributed by atoms with van der Waals surface area (Å²) in [6.07, 6.45) is 0. The van der Waals surface area contributed by atoms with E-state index in [1.165, 1.54) is 30.6 Å². The lowest BCUT2D eigenvalue weighted by Gasteiger charge is -2.18. The summed E-state index contributed by atoms with van der Waals surface area (Å²) in [7, 11) is -2.17. The Kier molecular flexibility index (Phi) is 6.16. The molecule has 3 rings (SSSR count). The molecular formula is C21H21NO4S2. The fourth-order valence-corrected chi connectivity index (χ4v) is 5.63. The van der Waals surface area contributed by atoms with Crippen molar-refractivity contribution in [3.8, 4) is 5.75 Å². The lowest BCUT2D eigenvalue weighted by Crippen LogP contribution is -2.31. The zero-order valence-corrected chi connectivity index (χ0v) is 17.2. The van der Waals surface area contributed by atoms with Gasteiger partial charge in [-0.2, -0.15) is 0 Å². The zero-order chi connectivity index (χ0) is 20.1. The smallest absolute Gasteiger partial charge is 0.251 e. The van der Waals surface area contributed by atoms with Crippen LogP contribution >= 0.6 is 11.3 Å². The van der Waals surface area contributed by atoms with Gasteiger partial charge in [0.25, 0.3) is 5.91 Å². The lowest BCUT2D eigenvalue weighted by molar-refractivity contribution is 0.0953. The summed E-state index contributed by atoms with van der Waals surface area (Å²) in [5.74, 6) is 0.287. The Morgan fingerprint density at radius 3 is 2.46 bits per heavy atom. The number of carbonyl (C=O) groups is 1. The average Bonchev–Trinajstić information content (AvgIpc) is 3.22. The predicted molar refractivity (Wildman–Crippen MR) is 111 cm³/mol. The number of hydrogen-bond donors (Lipinski definition) is 1. The molecule has 0 saturated carbocycles. The molecule has 146 valence electrons. The van der Waals surface area contributed by atoms with Crippen LogP contribution in [0.15, 0.2) is 70.9 Å². The summed E-state index contributed by atoms with van der Waals surface area (Å²) >= 11 is 1.35. The molecule has 0 aliphatic heterocycles. The first kappa shape index (κ1) is 20.1. The third-order valence-corrected chi connectivity index (χ3v) is 7.59. The van der Waals surface area contributed by atoms with Crippen molar-refractivity contribution in [1.82, 2.24) is 5.32 Å². The van der Waals surface area contributed by atoms with Crippen molar-refractivity contribution in [1.29, 1.82) is 0 Å². The molecule has 0 aliphatic carbocycles. The first-order valence-electron chi connectivity index (χ1n) is 8.68. The number of amides is 1. The Morgan fingerprint density at radius 1 is 1.11 bits per heavy atom. The van der Waals surface area contributed by atoms with Crippen LogP contribution in [0.25, 0.3) is 0 Å². The Balaban J connectivity index is 1.86. The molecule has 1 N–H and O–H groups in total. The van der Waals surface area contributed by atoms with Crippen LogP contribution in [0.2, 0.25) is 0 Å². The molecule has 3 aromatic rings. The lowest BCUT2D eigenvalue weighted by atomic mass is 10.1. The summed E-state index contributed by atoms with van der Waals surface area (Å²) in [5, 5.41) is 3.74. The number of benzene rings is 2. The van der Waals surface area contributed by atoms with E-state index in [0.29, 0.717) is 16.2 Å². The first-order chi connectivity index (χ1) is 13.4. The van der Waals surface area contributed by atoms with E-state index < -0.39 is 15.1 Å². The monoisotopic (exact) mass is 415 g/mol. The van der Waals surface area contributed by atoms with Gasteiger partial charge in [0.15, 0.2) is 9.84 Å². The van der Waals surface area contributed by atoms with Gasteiger partial charge in [-0.1, -0.05) is 23.8 Å². The van der Waals surface area contributed by atoms with Gasteiger partial charge in [-0.15, -0.1) is 11.3 Å². The number of sulfone groups is 1. The van der Waals surface area contributed by atoms with E-state index in [-0.39, 0.29) is 17.3 Å². The second-order valence-corrected chi connectivity index (χ2v) is 9.41. The van der Waals surface area contributed by atoms with E-state index in [1.54, 1.807) is 42.5 Å². The van der Waals surface area contributed by atoms with Crippen molar-refractivity contribution in [2.75, 3.05) is 13.7 Å². The molecule has 7 heteroatoms. The highest BCUT2D eigenvalue weighted by molar-refractivity contribution is 7.91. The second-order valence-electron chi connectivity index (χ2n) is 6.30. The highest BCUT2D eigenvalue weighted by Crippen LogP contribution is 2.32. The van der Waals surface area contributed by atoms with Crippen LogP contribution in [-0.2, 0) is 9.84 Å². The van der Waals surface area contributed by atoms with Crippen molar-refractivity contribution >= 4 is 27.1 Å². The molecule has 28 heavy (non-hydrogen) atoms. The first-order valence-corrected chi connectivity index (χ1v) is 11.1. The Labute approximate surface area is 168 Å². The van der Waals surface area contributed by atoms with Crippen LogP contribution in [-0.4, -0.2) is 28.0 Å². The molecule has 0 fully saturated rings. The van der Waals surface area contributed by atoms with E-state index in [1.807, 2.05) is 18.4 Å². The minimum atomic E-state index is -3.69. The Hall–Kier alpha value is -2.64. The van der Waals surface area contributed by atoms with Crippen LogP contribution in [0.4, 0.5) is 0 Å². The summed E-state index contributed by atoms with van der Waals surface area (Å²) < 4.78 is 31.6. The normalized spacial score (nSPS) is 12.4. The molecule has 5 nitrogen and oxygen atoms in total. The maximum absolute atomic E-state index is 13.2. The number of rotatable bonds is 7. The second kappa shape index (κ2) is 8.58. The highest BCUT2D eigenvalue weighted by Gasteiger charge is 2.30. The van der Waals surface area contributed by atoms with Gasteiger partial charge in [0.05, 0.1) is 12.0 Å². The third kappa shape index (κ3) is 4.43. The maximum atomic E-state index is 13.2. The Morgan fingerprint density at radius 2 is 1.86 bits per heavy atom. The predicted octanol–water partition coefficient (Wildman–Crippen LogP) is 4.01. The number of hydrogen-bond acceptors (Lipinski definition) is 5. The Bertz CT molecular complexity index is 1040. The van der Waals surface area contributed by atoms with Crippen molar-refractivity contribution in [2.24, 2.45) is 0 Å². The number of methoxy groups -OCH3 is 1. The van der Waals surface area contributed by atoms with Crippen LogP contribution in [0.3, 0.4) is 0 Å². The fraction of sp³-hybridized carbons (Fsp3) is 0.190. The highest BCUT2D eigenvalue weighted by atomic mass is 32.2. The fourth-order valence-electron chi connectivity index (χ4n) is 2.84. The maximum Gasteiger partial charge on any atom is 0.251 e. The van der Waals surface area contributed by atoms with Gasteiger partial charge in [0.2, 0.25) is 0 Å². The molecule has 1 aromatic heterocycles. The molecule has 1 atom stereocenters.